The maximum atomic E-state index is 15.0. The minimum absolute atomic E-state index is 0.00201. The third-order valence-corrected chi connectivity index (χ3v) is 7.31. The van der Waals surface area contributed by atoms with Gasteiger partial charge in [-0.2, -0.15) is 5.10 Å². The highest BCUT2D eigenvalue weighted by molar-refractivity contribution is 8.00. The number of hydrogen-bond acceptors (Lipinski definition) is 5. The second kappa shape index (κ2) is 10.5. The van der Waals surface area contributed by atoms with Crippen molar-refractivity contribution >= 4 is 29.4 Å². The van der Waals surface area contributed by atoms with Crippen molar-refractivity contribution in [3.8, 4) is 11.3 Å². The third-order valence-electron chi connectivity index (χ3n) is 6.08. The maximum Gasteiger partial charge on any atom is 0.240 e. The quantitative estimate of drug-likeness (QED) is 0.412. The van der Waals surface area contributed by atoms with Crippen LogP contribution in [0, 0.1) is 11.6 Å². The first kappa shape index (κ1) is 24.6. The average molecular weight is 520 g/mol. The number of nitrogens with zero attached hydrogens (tertiary/aromatic N) is 4. The van der Waals surface area contributed by atoms with E-state index in [1.165, 1.54) is 28.8 Å². The highest BCUT2D eigenvalue weighted by atomic mass is 32.2. The van der Waals surface area contributed by atoms with Crippen LogP contribution in [0.5, 0.6) is 0 Å². The summed E-state index contributed by atoms with van der Waals surface area (Å²) in [5.74, 6) is -1.64. The molecule has 0 aliphatic carbocycles. The molecule has 0 saturated heterocycles. The number of halogens is 2. The smallest absolute Gasteiger partial charge is 0.240 e. The lowest BCUT2D eigenvalue weighted by Crippen LogP contribution is -2.42. The van der Waals surface area contributed by atoms with Crippen LogP contribution in [0.4, 0.5) is 14.6 Å². The van der Waals surface area contributed by atoms with E-state index in [-0.39, 0.29) is 36.2 Å². The van der Waals surface area contributed by atoms with E-state index >= 15 is 4.39 Å². The predicted molar refractivity (Wildman–Crippen MR) is 138 cm³/mol. The number of thioether (sulfide) groups is 1. The number of pyridine rings is 1. The molecule has 1 N–H and O–H groups in total. The molecule has 2 amide bonds. The molecule has 3 heterocycles. The van der Waals surface area contributed by atoms with Crippen LogP contribution >= 0.6 is 11.8 Å². The van der Waals surface area contributed by atoms with Gasteiger partial charge in [-0.1, -0.05) is 36.4 Å². The Bertz CT molecular complexity index is 1450. The molecule has 4 aromatic rings. The van der Waals surface area contributed by atoms with Crippen LogP contribution in [-0.2, 0) is 23.2 Å². The Balaban J connectivity index is 1.56. The van der Waals surface area contributed by atoms with Crippen LogP contribution < -0.4 is 10.2 Å². The largest absolute Gasteiger partial charge is 0.350 e. The van der Waals surface area contributed by atoms with Crippen LogP contribution in [0.1, 0.15) is 21.9 Å². The van der Waals surface area contributed by atoms with Gasteiger partial charge in [0.1, 0.15) is 24.0 Å². The van der Waals surface area contributed by atoms with Gasteiger partial charge in [0, 0.05) is 48.7 Å². The highest BCUT2D eigenvalue weighted by Crippen LogP contribution is 2.48. The van der Waals surface area contributed by atoms with E-state index in [9.17, 15) is 14.0 Å². The molecule has 0 spiro atoms. The van der Waals surface area contributed by atoms with E-state index in [1.54, 1.807) is 36.3 Å². The highest BCUT2D eigenvalue weighted by Gasteiger charge is 2.37. The number of fused-ring (bicyclic) bond motifs is 1. The van der Waals surface area contributed by atoms with E-state index < -0.39 is 16.9 Å². The van der Waals surface area contributed by atoms with Crippen molar-refractivity contribution in [2.24, 2.45) is 7.05 Å². The Hall–Kier alpha value is -4.05. The summed E-state index contributed by atoms with van der Waals surface area (Å²) in [5.41, 5.74) is 3.06. The zero-order chi connectivity index (χ0) is 25.9. The molecule has 1 aliphatic rings. The number of carbonyl (C=O) groups is 2. The number of hydrogen-bond donors (Lipinski definition) is 1. The lowest BCUT2D eigenvalue weighted by atomic mass is 9.99. The van der Waals surface area contributed by atoms with Crippen LogP contribution in [0.15, 0.2) is 73.1 Å². The Morgan fingerprint density at radius 3 is 2.59 bits per heavy atom. The van der Waals surface area contributed by atoms with Crippen LogP contribution in [0.3, 0.4) is 0 Å². The molecule has 2 aromatic heterocycles. The third kappa shape index (κ3) is 5.10. The fourth-order valence-corrected chi connectivity index (χ4v) is 5.58. The molecule has 0 unspecified atom stereocenters. The minimum atomic E-state index is -0.706. The lowest BCUT2D eigenvalue weighted by Gasteiger charge is -2.22. The van der Waals surface area contributed by atoms with E-state index in [2.05, 4.69) is 15.4 Å². The monoisotopic (exact) mass is 519 g/mol. The van der Waals surface area contributed by atoms with Crippen molar-refractivity contribution in [3.63, 3.8) is 0 Å². The number of amides is 2. The van der Waals surface area contributed by atoms with Gasteiger partial charge in [-0.3, -0.25) is 24.2 Å². The summed E-state index contributed by atoms with van der Waals surface area (Å²) in [6, 6.07) is 16.4. The summed E-state index contributed by atoms with van der Waals surface area (Å²) in [7, 11) is 1.69. The van der Waals surface area contributed by atoms with Gasteiger partial charge in [0.15, 0.2) is 0 Å². The Morgan fingerprint density at radius 2 is 1.86 bits per heavy atom. The predicted octanol–water partition coefficient (Wildman–Crippen LogP) is 4.25. The fourth-order valence-electron chi connectivity index (χ4n) is 4.36. The molecule has 2 aromatic carbocycles. The molecular weight excluding hydrogens is 496 g/mol. The number of aryl methyl sites for hydroxylation is 1. The van der Waals surface area contributed by atoms with Crippen molar-refractivity contribution < 1.29 is 18.4 Å². The summed E-state index contributed by atoms with van der Waals surface area (Å²) in [5, 5.41) is 6.88. The minimum Gasteiger partial charge on any atom is -0.350 e. The first-order valence-electron chi connectivity index (χ1n) is 11.6. The van der Waals surface area contributed by atoms with Gasteiger partial charge < -0.3 is 5.32 Å². The van der Waals surface area contributed by atoms with Gasteiger partial charge >= 0.3 is 0 Å². The van der Waals surface area contributed by atoms with Crippen LogP contribution in [-0.4, -0.2) is 38.9 Å². The zero-order valence-corrected chi connectivity index (χ0v) is 20.7. The van der Waals surface area contributed by atoms with Gasteiger partial charge in [-0.25, -0.2) is 8.78 Å². The molecule has 37 heavy (non-hydrogen) atoms. The summed E-state index contributed by atoms with van der Waals surface area (Å²) in [4.78, 5) is 31.6. The van der Waals surface area contributed by atoms with Crippen molar-refractivity contribution in [1.82, 2.24) is 20.1 Å². The Labute approximate surface area is 216 Å². The molecule has 1 atom stereocenters. The van der Waals surface area contributed by atoms with Gasteiger partial charge in [0.2, 0.25) is 11.8 Å². The van der Waals surface area contributed by atoms with Gasteiger partial charge in [0.25, 0.3) is 0 Å². The van der Waals surface area contributed by atoms with Crippen molar-refractivity contribution in [2.75, 3.05) is 17.2 Å². The summed E-state index contributed by atoms with van der Waals surface area (Å²) >= 11 is 1.23. The van der Waals surface area contributed by atoms with Crippen LogP contribution in [0.25, 0.3) is 11.3 Å². The fraction of sp³-hybridized carbons (Fsp3) is 0.185. The molecule has 0 saturated carbocycles. The molecule has 0 radical (unpaired) electrons. The molecule has 5 rings (SSSR count). The van der Waals surface area contributed by atoms with Gasteiger partial charge in [-0.05, 0) is 23.8 Å². The van der Waals surface area contributed by atoms with E-state index in [4.69, 9.17) is 0 Å². The van der Waals surface area contributed by atoms with E-state index in [1.807, 2.05) is 30.3 Å². The standard InChI is InChI=1S/C27H23F2N5O2S/c1-33-27-24(25(32-33)18-5-3-2-4-6-18)26(20-8-7-19(28)13-21(20)29)37-16-23(36)34(27)15-22(35)31-14-17-9-11-30-12-10-17/h2-13,26H,14-16H2,1H3,(H,31,35)/t26-/m0/s1. The SMILES string of the molecule is Cn1nc(-c2ccccc2)c2c1N(CC(=O)NCc1ccncc1)C(=O)CS[C@H]2c1ccc(F)cc1F. The van der Waals surface area contributed by atoms with Crippen molar-refractivity contribution in [1.29, 1.82) is 0 Å². The number of rotatable bonds is 6. The molecule has 0 bridgehead atoms. The van der Waals surface area contributed by atoms with Gasteiger partial charge in [-0.15, -0.1) is 11.8 Å². The second-order valence-electron chi connectivity index (χ2n) is 8.54. The Kier molecular flexibility index (Phi) is 7.00. The molecule has 188 valence electrons. The number of carbonyl (C=O) groups excluding carboxylic acids is 2. The van der Waals surface area contributed by atoms with E-state index in [0.717, 1.165) is 17.2 Å². The van der Waals surface area contributed by atoms with E-state index in [0.29, 0.717) is 17.1 Å². The normalized spacial score (nSPS) is 15.3. The molecule has 1 aliphatic heterocycles. The molecule has 0 fully saturated rings. The Morgan fingerprint density at radius 1 is 1.11 bits per heavy atom. The topological polar surface area (TPSA) is 80.1 Å². The number of aromatic nitrogens is 3. The van der Waals surface area contributed by atoms with Crippen molar-refractivity contribution in [3.05, 3.63) is 101 Å². The first-order chi connectivity index (χ1) is 17.9. The summed E-state index contributed by atoms with van der Waals surface area (Å²) in [6.45, 7) is 0.0545. The molecule has 7 nitrogen and oxygen atoms in total. The lowest BCUT2D eigenvalue weighted by molar-refractivity contribution is -0.123. The molecule has 10 heteroatoms. The number of anilines is 1. The van der Waals surface area contributed by atoms with Crippen molar-refractivity contribution in [2.45, 2.75) is 11.8 Å². The average Bonchev–Trinajstić information content (AvgIpc) is 3.17. The maximum absolute atomic E-state index is 15.0. The summed E-state index contributed by atoms with van der Waals surface area (Å²) in [6.07, 6.45) is 3.28. The first-order valence-corrected chi connectivity index (χ1v) is 12.6. The molecular formula is C27H23F2N5O2S. The number of benzene rings is 2. The summed E-state index contributed by atoms with van der Waals surface area (Å²) < 4.78 is 30.3. The second-order valence-corrected chi connectivity index (χ2v) is 9.64. The number of nitrogens with one attached hydrogen (secondary N) is 1. The van der Waals surface area contributed by atoms with Crippen LogP contribution in [0.2, 0.25) is 0 Å². The zero-order valence-electron chi connectivity index (χ0n) is 19.9. The van der Waals surface area contributed by atoms with Gasteiger partial charge in [0.05, 0.1) is 16.7 Å².